The predicted molar refractivity (Wildman–Crippen MR) is 66.0 cm³/mol. The molecule has 2 rings (SSSR count). The van der Waals surface area contributed by atoms with Crippen LogP contribution in [0.2, 0.25) is 0 Å². The Labute approximate surface area is 93.9 Å². The van der Waals surface area contributed by atoms with Gasteiger partial charge in [-0.1, -0.05) is 18.7 Å². The second kappa shape index (κ2) is 4.57. The van der Waals surface area contributed by atoms with Crippen LogP contribution in [-0.2, 0) is 0 Å². The molecule has 3 nitrogen and oxygen atoms in total. The minimum Gasteiger partial charge on any atom is -0.497 e. The first-order valence-corrected chi connectivity index (χ1v) is 5.78. The third-order valence-corrected chi connectivity index (χ3v) is 3.15. The molecule has 1 aromatic carbocycles. The standard InChI is InChI=1S/C11H14N2OS/c1-8-7-12-11(15-8)13-9-3-5-10(14-2)6-4-9/h3-6,8H,7H2,1-2H3,(H,12,13)/t8-/m0/s1. The highest BCUT2D eigenvalue weighted by molar-refractivity contribution is 8.15. The van der Waals surface area contributed by atoms with E-state index in [0.29, 0.717) is 5.25 Å². The number of amidine groups is 1. The second-order valence-electron chi connectivity index (χ2n) is 3.43. The van der Waals surface area contributed by atoms with Gasteiger partial charge in [0.2, 0.25) is 0 Å². The van der Waals surface area contributed by atoms with Crippen LogP contribution in [0.15, 0.2) is 29.3 Å². The number of hydrogen-bond acceptors (Lipinski definition) is 4. The van der Waals surface area contributed by atoms with Crippen molar-refractivity contribution < 1.29 is 4.74 Å². The summed E-state index contributed by atoms with van der Waals surface area (Å²) < 4.78 is 5.09. The zero-order valence-electron chi connectivity index (χ0n) is 8.86. The van der Waals surface area contributed by atoms with E-state index in [1.807, 2.05) is 24.3 Å². The molecule has 0 bridgehead atoms. The molecule has 0 aliphatic carbocycles. The molecule has 15 heavy (non-hydrogen) atoms. The van der Waals surface area contributed by atoms with Crippen LogP contribution in [0.4, 0.5) is 5.69 Å². The monoisotopic (exact) mass is 222 g/mol. The van der Waals surface area contributed by atoms with Gasteiger partial charge in [0.1, 0.15) is 5.75 Å². The van der Waals surface area contributed by atoms with Gasteiger partial charge in [0.15, 0.2) is 5.17 Å². The Hall–Kier alpha value is -1.16. The van der Waals surface area contributed by atoms with Crippen molar-refractivity contribution in [2.75, 3.05) is 19.0 Å². The summed E-state index contributed by atoms with van der Waals surface area (Å²) in [5.74, 6) is 0.870. The summed E-state index contributed by atoms with van der Waals surface area (Å²) in [6.45, 7) is 3.08. The van der Waals surface area contributed by atoms with Crippen molar-refractivity contribution in [3.8, 4) is 5.75 Å². The summed E-state index contributed by atoms with van der Waals surface area (Å²) in [6, 6.07) is 7.85. The summed E-state index contributed by atoms with van der Waals surface area (Å²) >= 11 is 1.78. The van der Waals surface area contributed by atoms with Gasteiger partial charge in [0.05, 0.1) is 13.7 Å². The van der Waals surface area contributed by atoms with Crippen LogP contribution in [0, 0.1) is 0 Å². The zero-order valence-corrected chi connectivity index (χ0v) is 9.67. The van der Waals surface area contributed by atoms with Gasteiger partial charge in [0, 0.05) is 10.9 Å². The zero-order chi connectivity index (χ0) is 10.7. The van der Waals surface area contributed by atoms with E-state index in [2.05, 4.69) is 17.2 Å². The number of methoxy groups -OCH3 is 1. The molecular weight excluding hydrogens is 208 g/mol. The number of rotatable bonds is 2. The smallest absolute Gasteiger partial charge is 0.161 e. The highest BCUT2D eigenvalue weighted by Crippen LogP contribution is 2.22. The van der Waals surface area contributed by atoms with Crippen LogP contribution in [0.25, 0.3) is 0 Å². The van der Waals surface area contributed by atoms with Crippen molar-refractivity contribution in [1.82, 2.24) is 0 Å². The van der Waals surface area contributed by atoms with Gasteiger partial charge in [-0.25, -0.2) is 0 Å². The third-order valence-electron chi connectivity index (χ3n) is 2.15. The van der Waals surface area contributed by atoms with Crippen molar-refractivity contribution in [2.45, 2.75) is 12.2 Å². The number of nitrogens with zero attached hydrogens (tertiary/aromatic N) is 1. The van der Waals surface area contributed by atoms with E-state index in [1.165, 1.54) is 0 Å². The van der Waals surface area contributed by atoms with Crippen LogP contribution in [0.1, 0.15) is 6.92 Å². The molecule has 80 valence electrons. The number of hydrogen-bond donors (Lipinski definition) is 1. The number of ether oxygens (including phenoxy) is 1. The van der Waals surface area contributed by atoms with Gasteiger partial charge in [0.25, 0.3) is 0 Å². The molecule has 0 radical (unpaired) electrons. The van der Waals surface area contributed by atoms with E-state index >= 15 is 0 Å². The number of anilines is 1. The van der Waals surface area contributed by atoms with E-state index in [-0.39, 0.29) is 0 Å². The van der Waals surface area contributed by atoms with Gasteiger partial charge in [-0.15, -0.1) is 0 Å². The van der Waals surface area contributed by atoms with E-state index in [0.717, 1.165) is 23.1 Å². The Morgan fingerprint density at radius 2 is 2.13 bits per heavy atom. The summed E-state index contributed by atoms with van der Waals surface area (Å²) in [7, 11) is 1.67. The SMILES string of the molecule is COc1ccc(NC2=NC[C@H](C)S2)cc1. The fourth-order valence-electron chi connectivity index (χ4n) is 1.34. The van der Waals surface area contributed by atoms with Crippen LogP contribution in [-0.4, -0.2) is 24.1 Å². The average molecular weight is 222 g/mol. The minimum absolute atomic E-state index is 0.589. The van der Waals surface area contributed by atoms with Crippen molar-refractivity contribution in [3.63, 3.8) is 0 Å². The van der Waals surface area contributed by atoms with Crippen molar-refractivity contribution in [3.05, 3.63) is 24.3 Å². The molecule has 0 unspecified atom stereocenters. The summed E-state index contributed by atoms with van der Waals surface area (Å²) in [5, 5.41) is 4.88. The van der Waals surface area contributed by atoms with Crippen molar-refractivity contribution >= 4 is 22.6 Å². The number of thioether (sulfide) groups is 1. The molecule has 0 spiro atoms. The van der Waals surface area contributed by atoms with Crippen LogP contribution in [0.5, 0.6) is 5.75 Å². The fraction of sp³-hybridized carbons (Fsp3) is 0.364. The first-order valence-electron chi connectivity index (χ1n) is 4.90. The first kappa shape index (κ1) is 10.4. The van der Waals surface area contributed by atoms with Crippen molar-refractivity contribution in [2.24, 2.45) is 4.99 Å². The molecule has 1 aliphatic heterocycles. The fourth-order valence-corrected chi connectivity index (χ4v) is 2.20. The topological polar surface area (TPSA) is 33.6 Å². The Kier molecular flexibility index (Phi) is 3.16. The minimum atomic E-state index is 0.589. The Bertz CT molecular complexity index is 361. The third kappa shape index (κ3) is 2.65. The number of nitrogens with one attached hydrogen (secondary N) is 1. The van der Waals surface area contributed by atoms with Crippen LogP contribution >= 0.6 is 11.8 Å². The molecule has 1 atom stereocenters. The lowest BCUT2D eigenvalue weighted by molar-refractivity contribution is 0.415. The highest BCUT2D eigenvalue weighted by Gasteiger charge is 2.14. The lowest BCUT2D eigenvalue weighted by atomic mass is 10.3. The summed E-state index contributed by atoms with van der Waals surface area (Å²) in [6.07, 6.45) is 0. The molecule has 0 saturated carbocycles. The number of benzene rings is 1. The maximum absolute atomic E-state index is 5.09. The van der Waals surface area contributed by atoms with Gasteiger partial charge in [-0.2, -0.15) is 0 Å². The van der Waals surface area contributed by atoms with Gasteiger partial charge in [-0.3, -0.25) is 4.99 Å². The molecule has 1 N–H and O–H groups in total. The Morgan fingerprint density at radius 3 is 2.67 bits per heavy atom. The quantitative estimate of drug-likeness (QED) is 0.835. The first-order chi connectivity index (χ1) is 7.28. The average Bonchev–Trinajstić information content (AvgIpc) is 2.65. The molecule has 0 fully saturated rings. The molecule has 0 amide bonds. The van der Waals surface area contributed by atoms with Gasteiger partial charge in [-0.05, 0) is 24.3 Å². The Balaban J connectivity index is 1.99. The van der Waals surface area contributed by atoms with Crippen LogP contribution < -0.4 is 10.1 Å². The maximum Gasteiger partial charge on any atom is 0.161 e. The highest BCUT2D eigenvalue weighted by atomic mass is 32.2. The number of aliphatic imine (C=N–C) groups is 1. The van der Waals surface area contributed by atoms with Gasteiger partial charge < -0.3 is 10.1 Å². The second-order valence-corrected chi connectivity index (χ2v) is 4.85. The lowest BCUT2D eigenvalue weighted by Crippen LogP contribution is -2.05. The Morgan fingerprint density at radius 1 is 1.40 bits per heavy atom. The molecule has 4 heteroatoms. The lowest BCUT2D eigenvalue weighted by Gasteiger charge is -2.06. The van der Waals surface area contributed by atoms with E-state index in [1.54, 1.807) is 18.9 Å². The molecule has 1 aliphatic rings. The predicted octanol–water partition coefficient (Wildman–Crippen LogP) is 2.60. The van der Waals surface area contributed by atoms with E-state index in [4.69, 9.17) is 4.74 Å². The normalized spacial score (nSPS) is 19.9. The van der Waals surface area contributed by atoms with Gasteiger partial charge >= 0.3 is 0 Å². The molecule has 1 heterocycles. The van der Waals surface area contributed by atoms with E-state index < -0.39 is 0 Å². The maximum atomic E-state index is 5.09. The summed E-state index contributed by atoms with van der Waals surface area (Å²) in [4.78, 5) is 4.39. The largest absolute Gasteiger partial charge is 0.497 e. The van der Waals surface area contributed by atoms with Crippen molar-refractivity contribution in [1.29, 1.82) is 0 Å². The van der Waals surface area contributed by atoms with E-state index in [9.17, 15) is 0 Å². The molecule has 0 aromatic heterocycles. The summed E-state index contributed by atoms with van der Waals surface area (Å²) in [5.41, 5.74) is 1.05. The van der Waals surface area contributed by atoms with Crippen LogP contribution in [0.3, 0.4) is 0 Å². The molecule has 0 saturated heterocycles. The molecule has 1 aromatic rings. The molecular formula is C11H14N2OS.